The van der Waals surface area contributed by atoms with Crippen LogP contribution in [0.2, 0.25) is 0 Å². The van der Waals surface area contributed by atoms with E-state index < -0.39 is 12.0 Å². The van der Waals surface area contributed by atoms with Gasteiger partial charge in [0.1, 0.15) is 6.61 Å². The van der Waals surface area contributed by atoms with E-state index in [-0.39, 0.29) is 6.61 Å². The molecule has 0 aromatic heterocycles. The van der Waals surface area contributed by atoms with E-state index in [9.17, 15) is 9.59 Å². The number of nitrogens with one attached hydrogen (secondary N) is 2. The van der Waals surface area contributed by atoms with Gasteiger partial charge in [-0.2, -0.15) is 0 Å². The highest BCUT2D eigenvalue weighted by Gasteiger charge is 2.10. The summed E-state index contributed by atoms with van der Waals surface area (Å²) in [6.45, 7) is 0.416. The molecule has 6 nitrogen and oxygen atoms in total. The Morgan fingerprint density at radius 3 is 2.61 bits per heavy atom. The van der Waals surface area contributed by atoms with Crippen LogP contribution in [-0.2, 0) is 9.47 Å². The molecule has 0 saturated carbocycles. The Hall–Kier alpha value is -1.60. The lowest BCUT2D eigenvalue weighted by Crippen LogP contribution is -2.42. The third-order valence-corrected chi connectivity index (χ3v) is 2.61. The highest BCUT2D eigenvalue weighted by Crippen LogP contribution is 2.14. The molecule has 18 heavy (non-hydrogen) atoms. The molecular formula is C11H13BrN2O4. The maximum atomic E-state index is 11.7. The van der Waals surface area contributed by atoms with Crippen LogP contribution in [0.15, 0.2) is 28.7 Å². The molecule has 1 aromatic rings. The SMILES string of the molecule is COCCOC(=O)NNC(=O)c1ccccc1Br. The lowest BCUT2D eigenvalue weighted by atomic mass is 10.2. The van der Waals surface area contributed by atoms with Gasteiger partial charge in [0.25, 0.3) is 5.91 Å². The summed E-state index contributed by atoms with van der Waals surface area (Å²) in [5.41, 5.74) is 4.77. The largest absolute Gasteiger partial charge is 0.446 e. The molecule has 0 atom stereocenters. The van der Waals surface area contributed by atoms with Crippen LogP contribution in [0.5, 0.6) is 0 Å². The molecule has 0 heterocycles. The van der Waals surface area contributed by atoms with Gasteiger partial charge >= 0.3 is 6.09 Å². The molecule has 1 aromatic carbocycles. The van der Waals surface area contributed by atoms with Gasteiger partial charge < -0.3 is 9.47 Å². The highest BCUT2D eigenvalue weighted by molar-refractivity contribution is 9.10. The van der Waals surface area contributed by atoms with E-state index in [2.05, 4.69) is 26.8 Å². The van der Waals surface area contributed by atoms with Crippen molar-refractivity contribution in [3.8, 4) is 0 Å². The Labute approximate surface area is 113 Å². The van der Waals surface area contributed by atoms with Crippen molar-refractivity contribution in [2.24, 2.45) is 0 Å². The second kappa shape index (κ2) is 7.67. The smallest absolute Gasteiger partial charge is 0.426 e. The zero-order valence-corrected chi connectivity index (χ0v) is 11.3. The summed E-state index contributed by atoms with van der Waals surface area (Å²) < 4.78 is 10.0. The van der Waals surface area contributed by atoms with Crippen molar-refractivity contribution in [2.45, 2.75) is 0 Å². The molecule has 0 aliphatic carbocycles. The fourth-order valence-corrected chi connectivity index (χ4v) is 1.54. The maximum absolute atomic E-state index is 11.7. The van der Waals surface area contributed by atoms with Gasteiger partial charge in [0.15, 0.2) is 0 Å². The minimum Gasteiger partial charge on any atom is -0.446 e. The van der Waals surface area contributed by atoms with E-state index in [0.717, 1.165) is 0 Å². The molecule has 7 heteroatoms. The Balaban J connectivity index is 2.38. The van der Waals surface area contributed by atoms with Crippen LogP contribution < -0.4 is 10.9 Å². The Bertz CT molecular complexity index is 425. The fourth-order valence-electron chi connectivity index (χ4n) is 1.07. The number of rotatable bonds is 4. The lowest BCUT2D eigenvalue weighted by molar-refractivity contribution is 0.0849. The number of carbonyl (C=O) groups excluding carboxylic acids is 2. The van der Waals surface area contributed by atoms with Crippen LogP contribution in [0.25, 0.3) is 0 Å². The van der Waals surface area contributed by atoms with Gasteiger partial charge in [0.2, 0.25) is 0 Å². The number of benzene rings is 1. The van der Waals surface area contributed by atoms with Gasteiger partial charge in [-0.05, 0) is 28.1 Å². The summed E-state index contributed by atoms with van der Waals surface area (Å²) in [5.74, 6) is -0.439. The lowest BCUT2D eigenvalue weighted by Gasteiger charge is -2.08. The zero-order valence-electron chi connectivity index (χ0n) is 9.73. The molecule has 98 valence electrons. The summed E-state index contributed by atoms with van der Waals surface area (Å²) in [6.07, 6.45) is -0.743. The van der Waals surface area contributed by atoms with Gasteiger partial charge in [-0.15, -0.1) is 0 Å². The number of carbonyl (C=O) groups is 2. The molecule has 0 aliphatic heterocycles. The van der Waals surface area contributed by atoms with Crippen LogP contribution in [0.3, 0.4) is 0 Å². The van der Waals surface area contributed by atoms with Crippen molar-refractivity contribution >= 4 is 27.9 Å². The summed E-state index contributed by atoms with van der Waals surface area (Å²) in [5, 5.41) is 0. The number of hydrogen-bond donors (Lipinski definition) is 2. The van der Waals surface area contributed by atoms with Gasteiger partial charge in [-0.25, -0.2) is 10.2 Å². The third kappa shape index (κ3) is 4.72. The number of amides is 2. The highest BCUT2D eigenvalue weighted by atomic mass is 79.9. The first-order chi connectivity index (χ1) is 8.65. The van der Waals surface area contributed by atoms with E-state index in [1.54, 1.807) is 24.3 Å². The van der Waals surface area contributed by atoms with Crippen molar-refractivity contribution < 1.29 is 19.1 Å². The monoisotopic (exact) mass is 316 g/mol. The zero-order chi connectivity index (χ0) is 13.4. The first kappa shape index (κ1) is 14.5. The van der Waals surface area contributed by atoms with E-state index >= 15 is 0 Å². The summed E-state index contributed by atoms with van der Waals surface area (Å²) >= 11 is 3.23. The normalized spacial score (nSPS) is 9.67. The average molecular weight is 317 g/mol. The van der Waals surface area contributed by atoms with Crippen molar-refractivity contribution in [1.29, 1.82) is 0 Å². The molecule has 0 saturated heterocycles. The predicted molar refractivity (Wildman–Crippen MR) is 68.0 cm³/mol. The number of halogens is 1. The standard InChI is InChI=1S/C11H13BrN2O4/c1-17-6-7-18-11(16)14-13-10(15)8-4-2-3-5-9(8)12/h2-5H,6-7H2,1H3,(H,13,15)(H,14,16). The summed E-state index contributed by atoms with van der Waals surface area (Å²) in [4.78, 5) is 22.8. The number of hydrazine groups is 1. The molecule has 0 unspecified atom stereocenters. The quantitative estimate of drug-likeness (QED) is 0.651. The first-order valence-corrected chi connectivity index (χ1v) is 5.91. The molecule has 2 N–H and O–H groups in total. The first-order valence-electron chi connectivity index (χ1n) is 5.11. The van der Waals surface area contributed by atoms with Crippen LogP contribution in [0.4, 0.5) is 4.79 Å². The van der Waals surface area contributed by atoms with Crippen LogP contribution in [-0.4, -0.2) is 32.3 Å². The molecule has 0 spiro atoms. The third-order valence-electron chi connectivity index (χ3n) is 1.92. The van der Waals surface area contributed by atoms with Gasteiger partial charge in [0.05, 0.1) is 12.2 Å². The van der Waals surface area contributed by atoms with Gasteiger partial charge in [-0.1, -0.05) is 12.1 Å². The van der Waals surface area contributed by atoms with Gasteiger partial charge in [0, 0.05) is 11.6 Å². The summed E-state index contributed by atoms with van der Waals surface area (Å²) in [7, 11) is 1.50. The van der Waals surface area contributed by atoms with E-state index in [1.165, 1.54) is 7.11 Å². The molecule has 0 aliphatic rings. The minimum atomic E-state index is -0.743. The Morgan fingerprint density at radius 2 is 1.94 bits per heavy atom. The fraction of sp³-hybridized carbons (Fsp3) is 0.273. The van der Waals surface area contributed by atoms with E-state index in [1.807, 2.05) is 0 Å². The Kier molecular flexibility index (Phi) is 6.16. The van der Waals surface area contributed by atoms with E-state index in [0.29, 0.717) is 16.6 Å². The second-order valence-electron chi connectivity index (χ2n) is 3.19. The molecule has 2 amide bonds. The van der Waals surface area contributed by atoms with Gasteiger partial charge in [-0.3, -0.25) is 10.2 Å². The molecule has 0 bridgehead atoms. The van der Waals surface area contributed by atoms with Crippen LogP contribution in [0, 0.1) is 0 Å². The number of methoxy groups -OCH3 is 1. The molecule has 1 rings (SSSR count). The molecule has 0 fully saturated rings. The maximum Gasteiger partial charge on any atom is 0.426 e. The molecular weight excluding hydrogens is 304 g/mol. The van der Waals surface area contributed by atoms with Crippen molar-refractivity contribution in [2.75, 3.05) is 20.3 Å². The van der Waals surface area contributed by atoms with Crippen molar-refractivity contribution in [3.63, 3.8) is 0 Å². The number of ether oxygens (including phenoxy) is 2. The molecule has 0 radical (unpaired) electrons. The Morgan fingerprint density at radius 1 is 1.22 bits per heavy atom. The van der Waals surface area contributed by atoms with Crippen molar-refractivity contribution in [3.05, 3.63) is 34.3 Å². The number of hydrogen-bond acceptors (Lipinski definition) is 4. The van der Waals surface area contributed by atoms with Crippen molar-refractivity contribution in [1.82, 2.24) is 10.9 Å². The predicted octanol–water partition coefficient (Wildman–Crippen LogP) is 1.47. The van der Waals surface area contributed by atoms with Crippen LogP contribution >= 0.6 is 15.9 Å². The summed E-state index contributed by atoms with van der Waals surface area (Å²) in [6, 6.07) is 6.85. The van der Waals surface area contributed by atoms with Crippen LogP contribution in [0.1, 0.15) is 10.4 Å². The second-order valence-corrected chi connectivity index (χ2v) is 4.04. The average Bonchev–Trinajstić information content (AvgIpc) is 2.37. The minimum absolute atomic E-state index is 0.118. The topological polar surface area (TPSA) is 76.7 Å². The van der Waals surface area contributed by atoms with E-state index in [4.69, 9.17) is 9.47 Å².